The average molecular weight is 276 g/mol. The van der Waals surface area contributed by atoms with Gasteiger partial charge in [-0.15, -0.1) is 0 Å². The smallest absolute Gasteiger partial charge is 0.0508 e. The van der Waals surface area contributed by atoms with E-state index in [1.165, 1.54) is 17.7 Å². The standard InChI is InChI=1S/C17H28N2O/c1-17(2,3)18-11-14-5-7-16(8-6-14)19-10-9-15(12-19)13-20-4/h5-8,15,18H,9-13H2,1-4H3. The summed E-state index contributed by atoms with van der Waals surface area (Å²) in [5, 5.41) is 3.52. The van der Waals surface area contributed by atoms with Crippen molar-refractivity contribution in [2.45, 2.75) is 39.3 Å². The fourth-order valence-corrected chi connectivity index (χ4v) is 2.63. The third kappa shape index (κ3) is 4.50. The van der Waals surface area contributed by atoms with Crippen molar-refractivity contribution in [2.75, 3.05) is 31.7 Å². The minimum absolute atomic E-state index is 0.168. The number of methoxy groups -OCH3 is 1. The van der Waals surface area contributed by atoms with E-state index in [0.717, 1.165) is 26.2 Å². The van der Waals surface area contributed by atoms with E-state index in [1.807, 2.05) is 0 Å². The van der Waals surface area contributed by atoms with Crippen molar-refractivity contribution in [3.8, 4) is 0 Å². The van der Waals surface area contributed by atoms with Gasteiger partial charge >= 0.3 is 0 Å². The van der Waals surface area contributed by atoms with Crippen molar-refractivity contribution in [1.82, 2.24) is 5.32 Å². The van der Waals surface area contributed by atoms with Crippen LogP contribution in [0.3, 0.4) is 0 Å². The van der Waals surface area contributed by atoms with Gasteiger partial charge in [0.2, 0.25) is 0 Å². The van der Waals surface area contributed by atoms with Crippen LogP contribution in [0, 0.1) is 5.92 Å². The summed E-state index contributed by atoms with van der Waals surface area (Å²) in [6, 6.07) is 8.96. The van der Waals surface area contributed by atoms with Gasteiger partial charge in [-0.1, -0.05) is 12.1 Å². The molecule has 0 bridgehead atoms. The summed E-state index contributed by atoms with van der Waals surface area (Å²) in [7, 11) is 1.79. The molecule has 0 spiro atoms. The normalized spacial score (nSPS) is 19.6. The number of rotatable bonds is 5. The molecule has 1 aliphatic rings. The number of anilines is 1. The average Bonchev–Trinajstić information content (AvgIpc) is 2.85. The summed E-state index contributed by atoms with van der Waals surface area (Å²) in [5.74, 6) is 0.683. The van der Waals surface area contributed by atoms with E-state index in [0.29, 0.717) is 5.92 Å². The molecule has 0 aromatic heterocycles. The van der Waals surface area contributed by atoms with Crippen LogP contribution in [0.1, 0.15) is 32.8 Å². The highest BCUT2D eigenvalue weighted by molar-refractivity contribution is 5.48. The fraction of sp³-hybridized carbons (Fsp3) is 0.647. The Kier molecular flexibility index (Phi) is 5.06. The molecule has 0 radical (unpaired) electrons. The van der Waals surface area contributed by atoms with Crippen molar-refractivity contribution in [3.63, 3.8) is 0 Å². The van der Waals surface area contributed by atoms with Crippen LogP contribution >= 0.6 is 0 Å². The van der Waals surface area contributed by atoms with Crippen LogP contribution in [0.15, 0.2) is 24.3 Å². The molecule has 0 aliphatic carbocycles. The highest BCUT2D eigenvalue weighted by Crippen LogP contribution is 2.24. The third-order valence-electron chi connectivity index (χ3n) is 3.81. The maximum Gasteiger partial charge on any atom is 0.0508 e. The Morgan fingerprint density at radius 3 is 2.55 bits per heavy atom. The topological polar surface area (TPSA) is 24.5 Å². The van der Waals surface area contributed by atoms with Gasteiger partial charge < -0.3 is 15.0 Å². The first-order valence-corrected chi connectivity index (χ1v) is 7.56. The molecule has 1 unspecified atom stereocenters. The van der Waals surface area contributed by atoms with E-state index in [4.69, 9.17) is 4.74 Å². The van der Waals surface area contributed by atoms with Crippen LogP contribution in [-0.2, 0) is 11.3 Å². The SMILES string of the molecule is COCC1CCN(c2ccc(CNC(C)(C)C)cc2)C1. The third-order valence-corrected chi connectivity index (χ3v) is 3.81. The van der Waals surface area contributed by atoms with Crippen molar-refractivity contribution in [3.05, 3.63) is 29.8 Å². The van der Waals surface area contributed by atoms with Gasteiger partial charge in [-0.25, -0.2) is 0 Å². The van der Waals surface area contributed by atoms with Gasteiger partial charge in [0, 0.05) is 43.9 Å². The van der Waals surface area contributed by atoms with Gasteiger partial charge in [0.25, 0.3) is 0 Å². The molecular weight excluding hydrogens is 248 g/mol. The minimum Gasteiger partial charge on any atom is -0.384 e. The van der Waals surface area contributed by atoms with Crippen molar-refractivity contribution < 1.29 is 4.74 Å². The molecule has 20 heavy (non-hydrogen) atoms. The van der Waals surface area contributed by atoms with Gasteiger partial charge in [0.15, 0.2) is 0 Å². The maximum absolute atomic E-state index is 5.26. The molecule has 1 aliphatic heterocycles. The Bertz CT molecular complexity index is 408. The molecule has 1 saturated heterocycles. The van der Waals surface area contributed by atoms with E-state index < -0.39 is 0 Å². The molecule has 3 nitrogen and oxygen atoms in total. The number of ether oxygens (including phenoxy) is 1. The number of nitrogens with zero attached hydrogens (tertiary/aromatic N) is 1. The van der Waals surface area contributed by atoms with Crippen LogP contribution < -0.4 is 10.2 Å². The van der Waals surface area contributed by atoms with Gasteiger partial charge in [-0.3, -0.25) is 0 Å². The van der Waals surface area contributed by atoms with Crippen LogP contribution in [0.4, 0.5) is 5.69 Å². The van der Waals surface area contributed by atoms with Gasteiger partial charge in [0.05, 0.1) is 6.61 Å². The predicted octanol–water partition coefficient (Wildman–Crippen LogP) is 3.05. The Balaban J connectivity index is 1.89. The van der Waals surface area contributed by atoms with Gasteiger partial charge in [-0.2, -0.15) is 0 Å². The molecule has 0 saturated carbocycles. The second-order valence-electron chi connectivity index (χ2n) is 6.83. The molecule has 1 aromatic rings. The fourth-order valence-electron chi connectivity index (χ4n) is 2.63. The van der Waals surface area contributed by atoms with Crippen molar-refractivity contribution in [2.24, 2.45) is 5.92 Å². The summed E-state index contributed by atoms with van der Waals surface area (Å²) in [4.78, 5) is 2.46. The molecule has 0 amide bonds. The summed E-state index contributed by atoms with van der Waals surface area (Å²) >= 11 is 0. The first-order chi connectivity index (χ1) is 9.48. The van der Waals surface area contributed by atoms with Crippen molar-refractivity contribution in [1.29, 1.82) is 0 Å². The van der Waals surface area contributed by atoms with Gasteiger partial charge in [-0.05, 0) is 44.9 Å². The molecule has 1 heterocycles. The monoisotopic (exact) mass is 276 g/mol. The zero-order valence-electron chi connectivity index (χ0n) is 13.3. The maximum atomic E-state index is 5.26. The summed E-state index contributed by atoms with van der Waals surface area (Å²) in [5.41, 5.74) is 2.85. The first kappa shape index (κ1) is 15.3. The lowest BCUT2D eigenvalue weighted by molar-refractivity contribution is 0.161. The predicted molar refractivity (Wildman–Crippen MR) is 85.2 cm³/mol. The lowest BCUT2D eigenvalue weighted by Crippen LogP contribution is -2.35. The summed E-state index contributed by atoms with van der Waals surface area (Å²) in [6.45, 7) is 10.7. The van der Waals surface area contributed by atoms with Crippen LogP contribution in [-0.4, -0.2) is 32.3 Å². The molecule has 112 valence electrons. The minimum atomic E-state index is 0.168. The van der Waals surface area contributed by atoms with E-state index in [2.05, 4.69) is 55.3 Å². The second kappa shape index (κ2) is 6.59. The van der Waals surface area contributed by atoms with Crippen LogP contribution in [0.5, 0.6) is 0 Å². The lowest BCUT2D eigenvalue weighted by atomic mass is 10.1. The van der Waals surface area contributed by atoms with Crippen LogP contribution in [0.2, 0.25) is 0 Å². The summed E-state index contributed by atoms with van der Waals surface area (Å²) < 4.78 is 5.26. The van der Waals surface area contributed by atoms with E-state index >= 15 is 0 Å². The molecule has 1 atom stereocenters. The second-order valence-corrected chi connectivity index (χ2v) is 6.83. The molecule has 1 N–H and O–H groups in total. The molecule has 3 heteroatoms. The highest BCUT2D eigenvalue weighted by atomic mass is 16.5. The number of benzene rings is 1. The molecule has 2 rings (SSSR count). The number of nitrogens with one attached hydrogen (secondary N) is 1. The zero-order chi connectivity index (χ0) is 14.6. The van der Waals surface area contributed by atoms with E-state index in [-0.39, 0.29) is 5.54 Å². The van der Waals surface area contributed by atoms with Crippen molar-refractivity contribution >= 4 is 5.69 Å². The first-order valence-electron chi connectivity index (χ1n) is 7.56. The Hall–Kier alpha value is -1.06. The molecule has 1 fully saturated rings. The quantitative estimate of drug-likeness (QED) is 0.894. The van der Waals surface area contributed by atoms with Gasteiger partial charge in [0.1, 0.15) is 0 Å². The number of hydrogen-bond donors (Lipinski definition) is 1. The Labute approximate surface area is 123 Å². The Morgan fingerprint density at radius 1 is 1.25 bits per heavy atom. The number of hydrogen-bond acceptors (Lipinski definition) is 3. The zero-order valence-corrected chi connectivity index (χ0v) is 13.3. The molecular formula is C17H28N2O. The van der Waals surface area contributed by atoms with Crippen LogP contribution in [0.25, 0.3) is 0 Å². The molecule has 1 aromatic carbocycles. The van der Waals surface area contributed by atoms with E-state index in [9.17, 15) is 0 Å². The lowest BCUT2D eigenvalue weighted by Gasteiger charge is -2.22. The summed E-state index contributed by atoms with van der Waals surface area (Å²) in [6.07, 6.45) is 1.24. The largest absolute Gasteiger partial charge is 0.384 e. The Morgan fingerprint density at radius 2 is 1.95 bits per heavy atom. The van der Waals surface area contributed by atoms with E-state index in [1.54, 1.807) is 7.11 Å². The highest BCUT2D eigenvalue weighted by Gasteiger charge is 2.22.